The van der Waals surface area contributed by atoms with Gasteiger partial charge in [0.15, 0.2) is 0 Å². The van der Waals surface area contributed by atoms with Gasteiger partial charge in [0.2, 0.25) is 0 Å². The Morgan fingerprint density at radius 3 is 0.991 bits per heavy atom. The maximum absolute atomic E-state index is 7.45. The molecule has 12 heteroatoms. The van der Waals surface area contributed by atoms with E-state index in [1.807, 2.05) is 18.6 Å². The van der Waals surface area contributed by atoms with Crippen LogP contribution < -0.4 is 16.4 Å². The fourth-order valence-electron chi connectivity index (χ4n) is 25.0. The van der Waals surface area contributed by atoms with Crippen LogP contribution >= 0.6 is 0 Å². The van der Waals surface area contributed by atoms with Gasteiger partial charge in [-0.2, -0.15) is 0 Å². The number of nitrogens with zero attached hydrogens (tertiary/aromatic N) is 3. The van der Waals surface area contributed by atoms with E-state index >= 15 is 0 Å². The molecular formula is C105H96B3N3O6. The summed E-state index contributed by atoms with van der Waals surface area (Å²) in [5, 5.41) is 0. The number of aromatic nitrogens is 3. The second-order valence-electron chi connectivity index (χ2n) is 37.6. The number of fused-ring (bicyclic) bond motifs is 15. The molecule has 9 aliphatic rings. The van der Waals surface area contributed by atoms with Gasteiger partial charge in [-0.3, -0.25) is 15.0 Å². The quantitative estimate of drug-likeness (QED) is 0.0930. The van der Waals surface area contributed by atoms with E-state index in [4.69, 9.17) is 42.9 Å². The van der Waals surface area contributed by atoms with Crippen molar-refractivity contribution in [1.82, 2.24) is 15.0 Å². The molecular weight excluding hydrogens is 1430 g/mol. The average Bonchev–Trinajstić information content (AvgIpc) is 1.50. The molecule has 0 unspecified atom stereocenters. The highest BCUT2D eigenvalue weighted by molar-refractivity contribution is 6.63. The summed E-state index contributed by atoms with van der Waals surface area (Å²) in [5.41, 5.74) is 23.4. The van der Waals surface area contributed by atoms with E-state index < -0.39 is 38.2 Å². The zero-order valence-corrected chi connectivity index (χ0v) is 68.2. The van der Waals surface area contributed by atoms with E-state index in [1.54, 1.807) is 0 Å². The molecule has 10 aromatic carbocycles. The first-order valence-corrected chi connectivity index (χ1v) is 42.6. The molecule has 6 heterocycles. The van der Waals surface area contributed by atoms with E-state index in [0.29, 0.717) is 17.8 Å². The van der Waals surface area contributed by atoms with Gasteiger partial charge >= 0.3 is 21.4 Å². The van der Waals surface area contributed by atoms with Crippen LogP contribution in [0.3, 0.4) is 0 Å². The molecule has 6 bridgehead atoms. The van der Waals surface area contributed by atoms with Crippen molar-refractivity contribution in [2.75, 3.05) is 0 Å². The van der Waals surface area contributed by atoms with Gasteiger partial charge in [0, 0.05) is 51.5 Å². The maximum Gasteiger partial charge on any atom is 0.494 e. The molecule has 3 aliphatic heterocycles. The van der Waals surface area contributed by atoms with Crippen molar-refractivity contribution in [3.63, 3.8) is 0 Å². The van der Waals surface area contributed by atoms with Gasteiger partial charge in [-0.1, -0.05) is 317 Å². The Morgan fingerprint density at radius 1 is 0.291 bits per heavy atom. The Labute approximate surface area is 689 Å². The molecule has 0 amide bonds. The fraction of sp³-hybridized carbons (Fsp3) is 0.286. The number of hydrogen-bond acceptors (Lipinski definition) is 9. The highest BCUT2D eigenvalue weighted by atomic mass is 16.7. The zero-order valence-electron chi connectivity index (χ0n) is 68.2. The summed E-state index contributed by atoms with van der Waals surface area (Å²) in [6.45, 7) is 21.9. The van der Waals surface area contributed by atoms with Crippen molar-refractivity contribution in [2.24, 2.45) is 50.2 Å². The van der Waals surface area contributed by atoms with Crippen LogP contribution in [0.1, 0.15) is 118 Å². The Balaban J connectivity index is 0.595. The van der Waals surface area contributed by atoms with Crippen LogP contribution in [0.4, 0.5) is 0 Å². The molecule has 13 aromatic rings. The average molecular weight is 1530 g/mol. The molecule has 117 heavy (non-hydrogen) atoms. The van der Waals surface area contributed by atoms with Gasteiger partial charge in [-0.25, -0.2) is 0 Å². The van der Waals surface area contributed by atoms with Crippen LogP contribution in [0.2, 0.25) is 0 Å². The lowest BCUT2D eigenvalue weighted by molar-refractivity contribution is -0.0800. The molecule has 6 aliphatic carbocycles. The second kappa shape index (κ2) is 26.6. The van der Waals surface area contributed by atoms with Gasteiger partial charge in [-0.05, 0) is 209 Å². The first-order valence-electron chi connectivity index (χ1n) is 42.6. The highest BCUT2D eigenvalue weighted by Gasteiger charge is 2.81. The summed E-state index contributed by atoms with van der Waals surface area (Å²) in [5.74, 6) is 1.04. The van der Waals surface area contributed by atoms with Gasteiger partial charge in [0.1, 0.15) is 16.8 Å². The first-order chi connectivity index (χ1) is 56.8. The number of benzene rings is 10. The molecule has 0 spiro atoms. The lowest BCUT2D eigenvalue weighted by Gasteiger charge is -2.48. The predicted molar refractivity (Wildman–Crippen MR) is 471 cm³/mol. The minimum atomic E-state index is -0.556. The second-order valence-corrected chi connectivity index (χ2v) is 37.6. The largest absolute Gasteiger partial charge is 0.494 e. The molecule has 576 valence electrons. The lowest BCUT2D eigenvalue weighted by Crippen LogP contribution is -2.50. The van der Waals surface area contributed by atoms with Gasteiger partial charge in [0.25, 0.3) is 0 Å². The molecule has 22 rings (SSSR count). The van der Waals surface area contributed by atoms with Crippen LogP contribution in [-0.2, 0) is 44.7 Å². The molecule has 9 fully saturated rings. The highest BCUT2D eigenvalue weighted by Crippen LogP contribution is 2.78. The summed E-state index contributed by atoms with van der Waals surface area (Å²) >= 11 is 0. The monoisotopic (exact) mass is 1530 g/mol. The summed E-state index contributed by atoms with van der Waals surface area (Å²) in [6, 6.07) is 105. The van der Waals surface area contributed by atoms with E-state index in [9.17, 15) is 0 Å². The summed E-state index contributed by atoms with van der Waals surface area (Å²) in [6.07, 6.45) is 12.6. The van der Waals surface area contributed by atoms with Crippen LogP contribution in [-0.4, -0.2) is 54.6 Å². The standard InChI is InChI=1S/C105H96B3N3O6/c1-97(2)88-52-57-102(97,9)105(78-35-17-12-18-36-78)94(88)112-106(117-105)79-37-25-28-67(61-79)89-49-46-70(64-109-89)82-40-19-22-43-85(82)73-58-74(86-44-23-20-41-83(86)71-47-50-90(110-65-71)68-29-26-38-80(62-68)107-113-95-100(7)55-53-92(98(100,3)4)103(95,115-107)76-31-13-10-14-32-76)60-75(59-73)87-45-24-21-42-84(87)72-48-51-91(111-66-72)69-30-27-39-81(63-69)108-114-96-101(8)56-54-93(99(101,5)6)104(96,116-108)77-33-15-11-16-34-77/h10-51,58-66,88,92-96H,52-57H2,1-9H3/t88-,92-,93-,94-,95-,96-,100-,101-,102-,103+,104+,105-/m0/s1. The van der Waals surface area contributed by atoms with E-state index in [1.165, 1.54) is 16.7 Å². The molecule has 0 radical (unpaired) electrons. The van der Waals surface area contributed by atoms with Gasteiger partial charge in [0.05, 0.1) is 35.4 Å². The third kappa shape index (κ3) is 10.4. The minimum Gasteiger partial charge on any atom is -0.401 e. The van der Waals surface area contributed by atoms with E-state index in [0.717, 1.165) is 155 Å². The Hall–Kier alpha value is -10.4. The molecule has 9 nitrogen and oxygen atoms in total. The Kier molecular flexibility index (Phi) is 16.6. The normalized spacial score (nSPS) is 28.8. The predicted octanol–water partition coefficient (Wildman–Crippen LogP) is 22.3. The molecule has 6 saturated carbocycles. The van der Waals surface area contributed by atoms with Crippen molar-refractivity contribution in [2.45, 2.75) is 136 Å². The molecule has 12 atom stereocenters. The summed E-state index contributed by atoms with van der Waals surface area (Å²) in [7, 11) is -1.54. The first kappa shape index (κ1) is 73.0. The van der Waals surface area contributed by atoms with E-state index in [-0.39, 0.29) is 50.8 Å². The van der Waals surface area contributed by atoms with Crippen molar-refractivity contribution >= 4 is 37.7 Å². The molecule has 0 N–H and O–H groups in total. The summed E-state index contributed by atoms with van der Waals surface area (Å²) < 4.78 is 43.9. The SMILES string of the molecule is CC1(C)[C@@H]2CC[C@@]1(C)[C@@H]1OB(c3cccc(-c4ccc(-c5ccccc5-c5cc(-c6ccccc6-c6ccc(-c7cccc(B8O[C@@H]9[C@](c%10ccccc%10)(O8)[C@H]8CC[C@]9(C)C8(C)C)c7)nc6)cc(-c6ccccc6-c6ccc(-c7cccc(B8O[C@H]9[C@@H]%10CC[C@@](C)(C%10(C)C)[C@@]9(c9ccccc9)O8)c7)nc6)c5)cn4)c3)O[C@@]12c1ccccc1. The molecule has 3 saturated heterocycles. The van der Waals surface area contributed by atoms with Crippen LogP contribution in [0.5, 0.6) is 0 Å². The Morgan fingerprint density at radius 2 is 0.632 bits per heavy atom. The van der Waals surface area contributed by atoms with Crippen LogP contribution in [0.15, 0.2) is 310 Å². The Bertz CT molecular complexity index is 5610. The smallest absolute Gasteiger partial charge is 0.401 e. The van der Waals surface area contributed by atoms with Crippen LogP contribution in [0.25, 0.3) is 101 Å². The minimum absolute atomic E-state index is 0.0341. The number of pyridine rings is 3. The van der Waals surface area contributed by atoms with Crippen LogP contribution in [0, 0.1) is 50.2 Å². The van der Waals surface area contributed by atoms with E-state index in [2.05, 4.69) is 353 Å². The number of hydrogen-bond donors (Lipinski definition) is 0. The van der Waals surface area contributed by atoms with Crippen molar-refractivity contribution in [1.29, 1.82) is 0 Å². The van der Waals surface area contributed by atoms with Gasteiger partial charge < -0.3 is 27.9 Å². The lowest BCUT2D eigenvalue weighted by atomic mass is 9.61. The third-order valence-electron chi connectivity index (χ3n) is 32.0. The number of rotatable bonds is 15. The summed E-state index contributed by atoms with van der Waals surface area (Å²) in [4.78, 5) is 15.9. The van der Waals surface area contributed by atoms with Gasteiger partial charge in [-0.15, -0.1) is 0 Å². The van der Waals surface area contributed by atoms with Crippen molar-refractivity contribution in [3.05, 3.63) is 326 Å². The zero-order chi connectivity index (χ0) is 79.2. The fourth-order valence-corrected chi connectivity index (χ4v) is 25.0. The topological polar surface area (TPSA) is 94.1 Å². The van der Waals surface area contributed by atoms with Crippen molar-refractivity contribution < 1.29 is 27.9 Å². The molecule has 3 aromatic heterocycles. The third-order valence-corrected chi connectivity index (χ3v) is 32.0. The maximum atomic E-state index is 7.45. The van der Waals surface area contributed by atoms with Crippen molar-refractivity contribution in [3.8, 4) is 101 Å².